The molecule has 2 N–H and O–H groups in total. The number of rotatable bonds is 12. The van der Waals surface area contributed by atoms with Gasteiger partial charge in [-0.1, -0.05) is 40.9 Å². The smallest absolute Gasteiger partial charge is 0.286 e. The number of amides is 1. The molecule has 1 aliphatic carbocycles. The Hall–Kier alpha value is -2.44. The van der Waals surface area contributed by atoms with E-state index in [1.165, 1.54) is 23.5 Å². The summed E-state index contributed by atoms with van der Waals surface area (Å²) >= 11 is 3.46. The van der Waals surface area contributed by atoms with E-state index in [1.54, 1.807) is 12.1 Å². The second kappa shape index (κ2) is 13.8. The zero-order valence-electron chi connectivity index (χ0n) is 21.9. The quantitative estimate of drug-likeness (QED) is 0.369. The number of methoxy groups -OCH3 is 1. The summed E-state index contributed by atoms with van der Waals surface area (Å²) in [6.07, 6.45) is 5.67. The highest BCUT2D eigenvalue weighted by Gasteiger charge is 2.31. The van der Waals surface area contributed by atoms with Gasteiger partial charge in [0.2, 0.25) is 16.3 Å². The van der Waals surface area contributed by atoms with Gasteiger partial charge in [0.05, 0.1) is 25.2 Å². The average Bonchev–Trinajstić information content (AvgIpc) is 3.46. The number of halogens is 1. The zero-order valence-corrected chi connectivity index (χ0v) is 24.3. The second-order valence-electron chi connectivity index (χ2n) is 9.60. The monoisotopic (exact) mass is 622 g/mol. The molecule has 0 saturated heterocycles. The second-order valence-corrected chi connectivity index (χ2v) is 12.5. The van der Waals surface area contributed by atoms with E-state index in [1.807, 2.05) is 30.3 Å². The molecule has 0 spiro atoms. The van der Waals surface area contributed by atoms with Crippen molar-refractivity contribution >= 4 is 31.9 Å². The molecule has 4 rings (SSSR count). The van der Waals surface area contributed by atoms with Gasteiger partial charge in [-0.3, -0.25) is 4.79 Å². The van der Waals surface area contributed by atoms with E-state index in [2.05, 4.69) is 21.2 Å². The normalized spacial score (nSPS) is 19.9. The Morgan fingerprint density at radius 2 is 1.79 bits per heavy atom. The van der Waals surface area contributed by atoms with Gasteiger partial charge in [-0.05, 0) is 60.9 Å². The van der Waals surface area contributed by atoms with Crippen LogP contribution in [0, 0.1) is 0 Å². The van der Waals surface area contributed by atoms with Crippen molar-refractivity contribution in [2.75, 3.05) is 33.4 Å². The Labute approximate surface area is 238 Å². The van der Waals surface area contributed by atoms with Gasteiger partial charge in [0.1, 0.15) is 5.75 Å². The largest absolute Gasteiger partial charge is 0.497 e. The summed E-state index contributed by atoms with van der Waals surface area (Å²) < 4.78 is 45.6. The van der Waals surface area contributed by atoms with Crippen molar-refractivity contribution in [3.8, 4) is 5.75 Å². The Balaban J connectivity index is 1.44. The highest BCUT2D eigenvalue weighted by Crippen LogP contribution is 2.32. The minimum atomic E-state index is -3.87. The molecule has 2 aromatic rings. The van der Waals surface area contributed by atoms with Crippen LogP contribution in [0.15, 0.2) is 69.7 Å². The Morgan fingerprint density at radius 3 is 2.44 bits per heavy atom. The van der Waals surface area contributed by atoms with Crippen LogP contribution < -0.4 is 10.1 Å². The van der Waals surface area contributed by atoms with Crippen molar-refractivity contribution in [3.05, 3.63) is 70.4 Å². The molecule has 212 valence electrons. The first-order valence-corrected chi connectivity index (χ1v) is 15.3. The average molecular weight is 624 g/mol. The number of aliphatic hydroxyl groups is 1. The third-order valence-corrected chi connectivity index (χ3v) is 9.40. The number of benzene rings is 2. The van der Waals surface area contributed by atoms with Crippen LogP contribution >= 0.6 is 15.9 Å². The van der Waals surface area contributed by atoms with Gasteiger partial charge in [-0.2, -0.15) is 4.31 Å². The molecule has 2 aromatic carbocycles. The van der Waals surface area contributed by atoms with Gasteiger partial charge in [0.15, 0.2) is 5.76 Å². The molecular formula is C28H35BrN2O7S. The van der Waals surface area contributed by atoms with Crippen LogP contribution in [-0.4, -0.2) is 69.5 Å². The van der Waals surface area contributed by atoms with E-state index >= 15 is 0 Å². The molecule has 0 unspecified atom stereocenters. The minimum Gasteiger partial charge on any atom is -0.497 e. The van der Waals surface area contributed by atoms with Gasteiger partial charge in [-0.15, -0.1) is 0 Å². The molecule has 0 bridgehead atoms. The van der Waals surface area contributed by atoms with Crippen molar-refractivity contribution in [2.45, 2.75) is 55.2 Å². The third kappa shape index (κ3) is 7.82. The summed E-state index contributed by atoms with van der Waals surface area (Å²) in [6.45, 7) is -0.398. The van der Waals surface area contributed by atoms with Crippen LogP contribution in [0.2, 0.25) is 0 Å². The van der Waals surface area contributed by atoms with E-state index < -0.39 is 16.3 Å². The van der Waals surface area contributed by atoms with Gasteiger partial charge < -0.3 is 24.6 Å². The van der Waals surface area contributed by atoms with Gasteiger partial charge in [0, 0.05) is 35.9 Å². The molecule has 1 saturated carbocycles. The number of nitrogens with zero attached hydrogens (tertiary/aromatic N) is 1. The number of ether oxygens (including phenoxy) is 3. The first-order chi connectivity index (χ1) is 18.8. The molecule has 2 atom stereocenters. The zero-order chi connectivity index (χ0) is 27.8. The predicted octanol–water partition coefficient (Wildman–Crippen LogP) is 3.93. The van der Waals surface area contributed by atoms with Crippen LogP contribution in [0.3, 0.4) is 0 Å². The van der Waals surface area contributed by atoms with Crippen LogP contribution in [0.25, 0.3) is 0 Å². The van der Waals surface area contributed by atoms with Crippen molar-refractivity contribution in [3.63, 3.8) is 0 Å². The molecule has 0 radical (unpaired) electrons. The Bertz CT molecular complexity index is 1230. The van der Waals surface area contributed by atoms with Crippen molar-refractivity contribution in [2.24, 2.45) is 0 Å². The Kier molecular flexibility index (Phi) is 10.4. The number of carbonyl (C=O) groups excluding carboxylic acids is 1. The summed E-state index contributed by atoms with van der Waals surface area (Å²) in [5.41, 5.74) is 1.02. The molecule has 11 heteroatoms. The van der Waals surface area contributed by atoms with Crippen molar-refractivity contribution in [1.82, 2.24) is 9.62 Å². The van der Waals surface area contributed by atoms with Crippen LogP contribution in [0.5, 0.6) is 5.75 Å². The molecule has 1 heterocycles. The highest BCUT2D eigenvalue weighted by molar-refractivity contribution is 9.10. The fraction of sp³-hybridized carbons (Fsp3) is 0.464. The molecule has 39 heavy (non-hydrogen) atoms. The highest BCUT2D eigenvalue weighted by atomic mass is 79.9. The summed E-state index contributed by atoms with van der Waals surface area (Å²) in [7, 11) is -2.36. The minimum absolute atomic E-state index is 0.00501. The molecule has 9 nitrogen and oxygen atoms in total. The maximum absolute atomic E-state index is 13.2. The summed E-state index contributed by atoms with van der Waals surface area (Å²) in [6, 6.07) is 14.1. The van der Waals surface area contributed by atoms with Crippen LogP contribution in [-0.2, 0) is 24.3 Å². The standard InChI is InChI=1S/C28H35BrN2O7S/c1-36-24-10-12-25(13-11-24)39(34,35)31(14-16-32)15-17-37-27-19-21(20-6-8-22(29)9-7-20)18-26(38-27)28(33)30-23-4-2-3-5-23/h6-13,18,21,23,27,32H,2-5,14-17,19H2,1H3,(H,30,33)/t21-,27+/m0/s1. The predicted molar refractivity (Wildman–Crippen MR) is 150 cm³/mol. The van der Waals surface area contributed by atoms with E-state index in [9.17, 15) is 18.3 Å². The number of hydrogen-bond acceptors (Lipinski definition) is 7. The number of nitrogens with one attached hydrogen (secondary N) is 1. The van der Waals surface area contributed by atoms with E-state index in [4.69, 9.17) is 14.2 Å². The fourth-order valence-corrected chi connectivity index (χ4v) is 6.51. The first-order valence-electron chi connectivity index (χ1n) is 13.1. The van der Waals surface area contributed by atoms with E-state index in [0.717, 1.165) is 35.7 Å². The van der Waals surface area contributed by atoms with Crippen molar-refractivity contribution < 1.29 is 32.5 Å². The summed E-state index contributed by atoms with van der Waals surface area (Å²) in [4.78, 5) is 13.1. The topological polar surface area (TPSA) is 114 Å². The van der Waals surface area contributed by atoms with Crippen LogP contribution in [0.1, 0.15) is 43.6 Å². The van der Waals surface area contributed by atoms with E-state index in [0.29, 0.717) is 12.2 Å². The lowest BCUT2D eigenvalue weighted by molar-refractivity contribution is -0.146. The van der Waals surface area contributed by atoms with Crippen LogP contribution in [0.4, 0.5) is 0 Å². The molecule has 2 aliphatic rings. The molecule has 0 aromatic heterocycles. The fourth-order valence-electron chi connectivity index (χ4n) is 4.83. The lowest BCUT2D eigenvalue weighted by atomic mass is 9.93. The molecule has 1 fully saturated rings. The lowest BCUT2D eigenvalue weighted by Crippen LogP contribution is -2.39. The lowest BCUT2D eigenvalue weighted by Gasteiger charge is -2.30. The Morgan fingerprint density at radius 1 is 1.10 bits per heavy atom. The molecule has 1 aliphatic heterocycles. The van der Waals surface area contributed by atoms with E-state index in [-0.39, 0.29) is 54.8 Å². The number of hydrogen-bond donors (Lipinski definition) is 2. The number of allylic oxidation sites excluding steroid dienone is 1. The SMILES string of the molecule is COc1ccc(S(=O)(=O)N(CCO)CCO[C@H]2C[C@@H](c3ccc(Br)cc3)C=C(C(=O)NC3CCCC3)O2)cc1. The maximum atomic E-state index is 13.2. The van der Waals surface area contributed by atoms with Crippen molar-refractivity contribution in [1.29, 1.82) is 0 Å². The molecule has 1 amide bonds. The van der Waals surface area contributed by atoms with Gasteiger partial charge in [0.25, 0.3) is 5.91 Å². The number of sulfonamides is 1. The van der Waals surface area contributed by atoms with Gasteiger partial charge >= 0.3 is 0 Å². The molecular weight excluding hydrogens is 588 g/mol. The summed E-state index contributed by atoms with van der Waals surface area (Å²) in [5, 5.41) is 12.6. The van der Waals surface area contributed by atoms with Gasteiger partial charge in [-0.25, -0.2) is 8.42 Å². The summed E-state index contributed by atoms with van der Waals surface area (Å²) in [5.74, 6) is 0.379. The number of aliphatic hydroxyl groups excluding tert-OH is 1. The number of carbonyl (C=O) groups is 1. The third-order valence-electron chi connectivity index (χ3n) is 6.96. The first kappa shape index (κ1) is 29.5. The maximum Gasteiger partial charge on any atom is 0.286 e.